The number of aromatic nitrogens is 4. The summed E-state index contributed by atoms with van der Waals surface area (Å²) in [7, 11) is 0. The molecule has 0 radical (unpaired) electrons. The second kappa shape index (κ2) is 7.84. The van der Waals surface area contributed by atoms with Crippen molar-refractivity contribution in [1.82, 2.24) is 24.8 Å². The Morgan fingerprint density at radius 1 is 1.16 bits per heavy atom. The number of carbonyl (C=O) groups excluding carboxylic acids is 1. The van der Waals surface area contributed by atoms with Crippen LogP contribution in [0, 0.1) is 12.8 Å². The third-order valence-electron chi connectivity index (χ3n) is 6.28. The maximum absolute atomic E-state index is 13.7. The lowest BCUT2D eigenvalue weighted by Gasteiger charge is -2.49. The Bertz CT molecular complexity index is 1170. The molecule has 0 N–H and O–H groups in total. The summed E-state index contributed by atoms with van der Waals surface area (Å²) >= 11 is 12.6. The minimum Gasteiger partial charge on any atom is -0.326 e. The van der Waals surface area contributed by atoms with Crippen LogP contribution < -0.4 is 0 Å². The Hall–Kier alpha value is -2.57. The van der Waals surface area contributed by atoms with Crippen LogP contribution in [0.25, 0.3) is 11.4 Å². The number of amides is 1. The normalized spacial score (nSPS) is 22.2. The van der Waals surface area contributed by atoms with Gasteiger partial charge in [-0.2, -0.15) is 0 Å². The van der Waals surface area contributed by atoms with Gasteiger partial charge in [0.15, 0.2) is 0 Å². The fourth-order valence-corrected chi connectivity index (χ4v) is 5.27. The molecular formula is C23H21Cl2N5O. The summed E-state index contributed by atoms with van der Waals surface area (Å²) in [5, 5.41) is 0.677. The van der Waals surface area contributed by atoms with Gasteiger partial charge in [-0.3, -0.25) is 14.8 Å². The summed E-state index contributed by atoms with van der Waals surface area (Å²) in [6.07, 6.45) is 7.66. The lowest BCUT2D eigenvalue weighted by atomic mass is 9.76. The lowest BCUT2D eigenvalue weighted by Crippen LogP contribution is -2.53. The van der Waals surface area contributed by atoms with Crippen LogP contribution in [-0.4, -0.2) is 36.8 Å². The van der Waals surface area contributed by atoms with E-state index in [0.717, 1.165) is 35.5 Å². The van der Waals surface area contributed by atoms with E-state index in [4.69, 9.17) is 33.2 Å². The molecule has 0 saturated carbocycles. The molecule has 6 nitrogen and oxygen atoms in total. The number of fused-ring (bicyclic) bond motifs is 4. The number of nitrogens with zero attached hydrogens (tertiary/aromatic N) is 5. The van der Waals surface area contributed by atoms with Crippen LogP contribution in [0.2, 0.25) is 10.0 Å². The van der Waals surface area contributed by atoms with Crippen molar-refractivity contribution >= 4 is 29.1 Å². The predicted molar refractivity (Wildman–Crippen MR) is 119 cm³/mol. The van der Waals surface area contributed by atoms with Crippen molar-refractivity contribution < 1.29 is 4.79 Å². The molecule has 2 bridgehead atoms. The number of rotatable bonds is 2. The molecule has 3 aromatic rings. The summed E-state index contributed by atoms with van der Waals surface area (Å²) in [6, 6.07) is 5.08. The topological polar surface area (TPSA) is 71.9 Å². The van der Waals surface area contributed by atoms with Gasteiger partial charge in [0.05, 0.1) is 39.2 Å². The quantitative estimate of drug-likeness (QED) is 0.540. The van der Waals surface area contributed by atoms with Gasteiger partial charge in [0, 0.05) is 24.0 Å². The first-order valence-electron chi connectivity index (χ1n) is 10.4. The van der Waals surface area contributed by atoms with E-state index in [1.807, 2.05) is 11.8 Å². The number of carbonyl (C=O) groups is 1. The fourth-order valence-electron chi connectivity index (χ4n) is 4.89. The Balaban J connectivity index is 1.66. The van der Waals surface area contributed by atoms with Crippen LogP contribution in [0.5, 0.6) is 0 Å². The van der Waals surface area contributed by atoms with Crippen molar-refractivity contribution in [1.29, 1.82) is 0 Å². The van der Waals surface area contributed by atoms with E-state index >= 15 is 0 Å². The average molecular weight is 454 g/mol. The third kappa shape index (κ3) is 3.38. The second-order valence-electron chi connectivity index (χ2n) is 8.25. The summed E-state index contributed by atoms with van der Waals surface area (Å²) in [4.78, 5) is 33.9. The summed E-state index contributed by atoms with van der Waals surface area (Å²) in [5.74, 6) is 0.807. The Labute approximate surface area is 190 Å². The van der Waals surface area contributed by atoms with E-state index in [1.165, 1.54) is 0 Å². The molecule has 1 aromatic carbocycles. The van der Waals surface area contributed by atoms with Gasteiger partial charge < -0.3 is 4.90 Å². The molecule has 1 saturated heterocycles. The van der Waals surface area contributed by atoms with Crippen molar-refractivity contribution in [2.24, 2.45) is 5.92 Å². The van der Waals surface area contributed by atoms with Crippen molar-refractivity contribution in [2.45, 2.75) is 45.2 Å². The number of piperidine rings is 1. The van der Waals surface area contributed by atoms with Crippen LogP contribution in [0.4, 0.5) is 0 Å². The molecule has 8 heteroatoms. The van der Waals surface area contributed by atoms with Crippen LogP contribution >= 0.6 is 23.2 Å². The van der Waals surface area contributed by atoms with Gasteiger partial charge in [0.1, 0.15) is 11.5 Å². The molecule has 2 unspecified atom stereocenters. The van der Waals surface area contributed by atoms with E-state index in [9.17, 15) is 4.79 Å². The molecule has 2 aliphatic heterocycles. The summed E-state index contributed by atoms with van der Waals surface area (Å²) in [6.45, 7) is 4.05. The Morgan fingerprint density at radius 2 is 2.00 bits per heavy atom. The first-order valence-corrected chi connectivity index (χ1v) is 11.1. The molecule has 2 aromatic heterocycles. The smallest absolute Gasteiger partial charge is 0.256 e. The lowest BCUT2D eigenvalue weighted by molar-refractivity contribution is 0.0226. The minimum atomic E-state index is -0.151. The van der Waals surface area contributed by atoms with Gasteiger partial charge in [-0.15, -0.1) is 0 Å². The standard InChI is InChI=1S/C23H21Cl2N5O/c1-12-6-7-14-10-16-20(18-11-26-8-9-27-18)28-13(2)29-21(16)22(12)30(14)23(31)15-4-3-5-17(24)19(15)25/h3-5,8-9,11-12,14,22H,6-7,10H2,1-2H3/t12?,14-,22?/m0/s1. The number of benzene rings is 1. The fraction of sp³-hybridized carbons (Fsp3) is 0.348. The highest BCUT2D eigenvalue weighted by Gasteiger charge is 2.46. The first-order chi connectivity index (χ1) is 15.0. The van der Waals surface area contributed by atoms with E-state index in [1.54, 1.807) is 36.8 Å². The Kier molecular flexibility index (Phi) is 5.15. The molecule has 0 aliphatic carbocycles. The highest BCUT2D eigenvalue weighted by atomic mass is 35.5. The van der Waals surface area contributed by atoms with Crippen LogP contribution in [-0.2, 0) is 6.42 Å². The van der Waals surface area contributed by atoms with Crippen LogP contribution in [0.1, 0.15) is 53.2 Å². The van der Waals surface area contributed by atoms with Crippen molar-refractivity contribution in [3.05, 3.63) is 69.5 Å². The maximum Gasteiger partial charge on any atom is 0.256 e. The summed E-state index contributed by atoms with van der Waals surface area (Å²) in [5.41, 5.74) is 3.94. The number of halogens is 2. The third-order valence-corrected chi connectivity index (χ3v) is 7.10. The zero-order valence-electron chi connectivity index (χ0n) is 17.2. The molecule has 1 amide bonds. The number of hydrogen-bond donors (Lipinski definition) is 0. The van der Waals surface area contributed by atoms with Crippen molar-refractivity contribution in [2.75, 3.05) is 0 Å². The molecular weight excluding hydrogens is 433 g/mol. The highest BCUT2D eigenvalue weighted by molar-refractivity contribution is 6.43. The molecule has 3 atom stereocenters. The molecule has 2 aliphatic rings. The predicted octanol–water partition coefficient (Wildman–Crippen LogP) is 5.09. The monoisotopic (exact) mass is 453 g/mol. The number of aryl methyl sites for hydroxylation is 1. The average Bonchev–Trinajstić information content (AvgIpc) is 2.77. The minimum absolute atomic E-state index is 0.0398. The highest BCUT2D eigenvalue weighted by Crippen LogP contribution is 2.47. The van der Waals surface area contributed by atoms with Gasteiger partial charge >= 0.3 is 0 Å². The van der Waals surface area contributed by atoms with Crippen LogP contribution in [0.15, 0.2) is 36.8 Å². The first kappa shape index (κ1) is 20.3. The van der Waals surface area contributed by atoms with E-state index in [-0.39, 0.29) is 23.9 Å². The molecule has 0 spiro atoms. The molecule has 1 fully saturated rings. The van der Waals surface area contributed by atoms with Crippen molar-refractivity contribution in [3.8, 4) is 11.4 Å². The molecule has 31 heavy (non-hydrogen) atoms. The van der Waals surface area contributed by atoms with Gasteiger partial charge in [-0.1, -0.05) is 36.2 Å². The van der Waals surface area contributed by atoms with E-state index in [2.05, 4.69) is 16.9 Å². The van der Waals surface area contributed by atoms with Gasteiger partial charge in [-0.05, 0) is 44.2 Å². The number of hydrogen-bond acceptors (Lipinski definition) is 5. The second-order valence-corrected chi connectivity index (χ2v) is 9.03. The van der Waals surface area contributed by atoms with Gasteiger partial charge in [-0.25, -0.2) is 9.97 Å². The van der Waals surface area contributed by atoms with Crippen LogP contribution in [0.3, 0.4) is 0 Å². The molecule has 158 valence electrons. The molecule has 5 rings (SSSR count). The van der Waals surface area contributed by atoms with E-state index in [0.29, 0.717) is 27.9 Å². The van der Waals surface area contributed by atoms with Gasteiger partial charge in [0.2, 0.25) is 0 Å². The Morgan fingerprint density at radius 3 is 2.77 bits per heavy atom. The van der Waals surface area contributed by atoms with E-state index < -0.39 is 0 Å². The zero-order chi connectivity index (χ0) is 21.7. The SMILES string of the molecule is Cc1nc(-c2cnccn2)c2c(n1)C1C(C)CC[C@@H](C2)N1C(=O)c1cccc(Cl)c1Cl. The van der Waals surface area contributed by atoms with Crippen molar-refractivity contribution in [3.63, 3.8) is 0 Å². The maximum atomic E-state index is 13.7. The summed E-state index contributed by atoms with van der Waals surface area (Å²) < 4.78 is 0. The zero-order valence-corrected chi connectivity index (χ0v) is 18.7. The largest absolute Gasteiger partial charge is 0.326 e. The molecule has 4 heterocycles. The van der Waals surface area contributed by atoms with Gasteiger partial charge in [0.25, 0.3) is 5.91 Å².